The lowest BCUT2D eigenvalue weighted by atomic mass is 10.1. The zero-order chi connectivity index (χ0) is 14.7. The normalized spacial score (nSPS) is 14.1. The van der Waals surface area contributed by atoms with Crippen molar-refractivity contribution in [2.75, 3.05) is 18.8 Å². The number of nitro groups is 1. The molecule has 0 bridgehead atoms. The minimum atomic E-state index is -0.580. The van der Waals surface area contributed by atoms with Gasteiger partial charge in [-0.25, -0.2) is 0 Å². The molecule has 6 nitrogen and oxygen atoms in total. The van der Waals surface area contributed by atoms with Crippen LogP contribution in [0.2, 0.25) is 0 Å². The fraction of sp³-hybridized carbons (Fsp3) is 0.500. The van der Waals surface area contributed by atoms with E-state index in [2.05, 4.69) is 0 Å². The van der Waals surface area contributed by atoms with E-state index in [1.807, 2.05) is 6.92 Å². The zero-order valence-corrected chi connectivity index (χ0v) is 11.5. The number of hydrogen-bond acceptors (Lipinski definition) is 4. The summed E-state index contributed by atoms with van der Waals surface area (Å²) in [5, 5.41) is 11.1. The number of para-hydroxylation sites is 1. The summed E-state index contributed by atoms with van der Waals surface area (Å²) in [4.78, 5) is 24.8. The number of carbonyl (C=O) groups is 1. The van der Waals surface area contributed by atoms with Crippen molar-refractivity contribution in [2.24, 2.45) is 5.92 Å². The molecule has 1 amide bonds. The summed E-state index contributed by atoms with van der Waals surface area (Å²) in [6.45, 7) is 3.28. The molecular formula is C14H19N3O3. The van der Waals surface area contributed by atoms with Gasteiger partial charge in [-0.15, -0.1) is 0 Å². The van der Waals surface area contributed by atoms with Crippen LogP contribution < -0.4 is 5.73 Å². The fourth-order valence-corrected chi connectivity index (χ4v) is 2.27. The molecule has 6 heteroatoms. The second kappa shape index (κ2) is 5.90. The topological polar surface area (TPSA) is 89.5 Å². The molecule has 0 heterocycles. The number of hydrogen-bond donors (Lipinski definition) is 1. The highest BCUT2D eigenvalue weighted by Gasteiger charge is 2.30. The van der Waals surface area contributed by atoms with Gasteiger partial charge in [-0.3, -0.25) is 14.9 Å². The lowest BCUT2D eigenvalue weighted by molar-refractivity contribution is -0.384. The van der Waals surface area contributed by atoms with Gasteiger partial charge >= 0.3 is 5.69 Å². The highest BCUT2D eigenvalue weighted by molar-refractivity contribution is 6.00. The molecule has 0 aliphatic heterocycles. The smallest absolute Gasteiger partial charge is 0.304 e. The standard InChI is InChI=1S/C14H19N3O3/c1-2-8-16(9-10-6-7-10)14(18)11-4-3-5-12(15)13(11)17(19)20/h3-5,10H,2,6-9,15H2,1H3. The van der Waals surface area contributed by atoms with Crippen LogP contribution in [0.25, 0.3) is 0 Å². The fourth-order valence-electron chi connectivity index (χ4n) is 2.27. The summed E-state index contributed by atoms with van der Waals surface area (Å²) in [5.74, 6) is 0.253. The Morgan fingerprint density at radius 2 is 2.20 bits per heavy atom. The number of amides is 1. The molecule has 0 spiro atoms. The van der Waals surface area contributed by atoms with Crippen molar-refractivity contribution in [1.29, 1.82) is 0 Å². The Bertz CT molecular complexity index is 526. The van der Waals surface area contributed by atoms with Crippen molar-refractivity contribution in [3.8, 4) is 0 Å². The van der Waals surface area contributed by atoms with E-state index in [0.29, 0.717) is 19.0 Å². The van der Waals surface area contributed by atoms with E-state index in [4.69, 9.17) is 5.73 Å². The minimum absolute atomic E-state index is 0.0312. The minimum Gasteiger partial charge on any atom is -0.393 e. The first kappa shape index (κ1) is 14.3. The molecule has 2 N–H and O–H groups in total. The number of nitro benzene ring substituents is 1. The van der Waals surface area contributed by atoms with Crippen LogP contribution >= 0.6 is 0 Å². The van der Waals surface area contributed by atoms with Crippen LogP contribution in [0.15, 0.2) is 18.2 Å². The summed E-state index contributed by atoms with van der Waals surface area (Å²) >= 11 is 0. The number of nitrogens with zero attached hydrogens (tertiary/aromatic N) is 2. The molecule has 1 aliphatic rings. The van der Waals surface area contributed by atoms with Crippen LogP contribution in [-0.4, -0.2) is 28.8 Å². The first-order valence-electron chi connectivity index (χ1n) is 6.86. The summed E-state index contributed by atoms with van der Waals surface area (Å²) < 4.78 is 0. The van der Waals surface area contributed by atoms with E-state index in [1.165, 1.54) is 12.1 Å². The summed E-state index contributed by atoms with van der Waals surface area (Å²) in [7, 11) is 0. The maximum Gasteiger partial charge on any atom is 0.304 e. The molecule has 108 valence electrons. The number of nitrogen functional groups attached to an aromatic ring is 1. The van der Waals surface area contributed by atoms with Gasteiger partial charge in [0.15, 0.2) is 0 Å². The monoisotopic (exact) mass is 277 g/mol. The Labute approximate surface area is 117 Å². The lowest BCUT2D eigenvalue weighted by Crippen LogP contribution is -2.34. The third-order valence-corrected chi connectivity index (χ3v) is 3.44. The Balaban J connectivity index is 2.30. The molecule has 0 aromatic heterocycles. The van der Waals surface area contributed by atoms with Gasteiger partial charge in [-0.1, -0.05) is 13.0 Å². The zero-order valence-electron chi connectivity index (χ0n) is 11.5. The highest BCUT2D eigenvalue weighted by Crippen LogP contribution is 2.32. The van der Waals surface area contributed by atoms with Gasteiger partial charge in [-0.2, -0.15) is 0 Å². The molecule has 0 unspecified atom stereocenters. The molecule has 0 radical (unpaired) electrons. The molecule has 20 heavy (non-hydrogen) atoms. The molecule has 1 fully saturated rings. The van der Waals surface area contributed by atoms with Gasteiger partial charge in [0.05, 0.1) is 4.92 Å². The van der Waals surface area contributed by atoms with Crippen molar-refractivity contribution in [3.05, 3.63) is 33.9 Å². The third kappa shape index (κ3) is 3.07. The Hall–Kier alpha value is -2.11. The molecular weight excluding hydrogens is 258 g/mol. The molecule has 1 aliphatic carbocycles. The summed E-state index contributed by atoms with van der Waals surface area (Å²) in [6, 6.07) is 4.50. The van der Waals surface area contributed by atoms with Crippen molar-refractivity contribution < 1.29 is 9.72 Å². The average molecular weight is 277 g/mol. The van der Waals surface area contributed by atoms with Gasteiger partial charge in [-0.05, 0) is 37.3 Å². The van der Waals surface area contributed by atoms with Gasteiger partial charge in [0.1, 0.15) is 11.3 Å². The van der Waals surface area contributed by atoms with Gasteiger partial charge in [0, 0.05) is 13.1 Å². The largest absolute Gasteiger partial charge is 0.393 e. The SMILES string of the molecule is CCCN(CC1CC1)C(=O)c1cccc(N)c1[N+](=O)[O-]. The summed E-state index contributed by atoms with van der Waals surface area (Å²) in [5.41, 5.74) is 5.47. The maximum atomic E-state index is 12.5. The molecule has 0 atom stereocenters. The van der Waals surface area contributed by atoms with Crippen LogP contribution in [0.5, 0.6) is 0 Å². The van der Waals surface area contributed by atoms with E-state index < -0.39 is 4.92 Å². The van der Waals surface area contributed by atoms with Crippen molar-refractivity contribution in [1.82, 2.24) is 4.90 Å². The summed E-state index contributed by atoms with van der Waals surface area (Å²) in [6.07, 6.45) is 3.09. The average Bonchev–Trinajstić information content (AvgIpc) is 3.20. The van der Waals surface area contributed by atoms with Crippen molar-refractivity contribution in [3.63, 3.8) is 0 Å². The van der Waals surface area contributed by atoms with Gasteiger partial charge < -0.3 is 10.6 Å². The number of anilines is 1. The predicted octanol–water partition coefficient (Wildman–Crippen LogP) is 2.44. The van der Waals surface area contributed by atoms with Gasteiger partial charge in [0.2, 0.25) is 0 Å². The number of rotatable bonds is 6. The van der Waals surface area contributed by atoms with E-state index in [0.717, 1.165) is 19.3 Å². The molecule has 2 rings (SSSR count). The van der Waals surface area contributed by atoms with Crippen molar-refractivity contribution >= 4 is 17.3 Å². The Morgan fingerprint density at radius 1 is 1.50 bits per heavy atom. The molecule has 1 aromatic carbocycles. The van der Waals surface area contributed by atoms with E-state index in [-0.39, 0.29) is 22.8 Å². The van der Waals surface area contributed by atoms with E-state index >= 15 is 0 Å². The Morgan fingerprint density at radius 3 is 2.75 bits per heavy atom. The number of benzene rings is 1. The quantitative estimate of drug-likeness (QED) is 0.491. The molecule has 1 aromatic rings. The predicted molar refractivity (Wildman–Crippen MR) is 76.4 cm³/mol. The number of nitrogens with two attached hydrogens (primary N) is 1. The van der Waals surface area contributed by atoms with Crippen LogP contribution in [0.3, 0.4) is 0 Å². The van der Waals surface area contributed by atoms with Crippen LogP contribution in [0, 0.1) is 16.0 Å². The first-order valence-corrected chi connectivity index (χ1v) is 6.86. The maximum absolute atomic E-state index is 12.5. The second-order valence-corrected chi connectivity index (χ2v) is 5.20. The molecule has 1 saturated carbocycles. The second-order valence-electron chi connectivity index (χ2n) is 5.20. The van der Waals surface area contributed by atoms with E-state index in [9.17, 15) is 14.9 Å². The first-order chi connectivity index (χ1) is 9.54. The van der Waals surface area contributed by atoms with Gasteiger partial charge in [0.25, 0.3) is 5.91 Å². The van der Waals surface area contributed by atoms with Crippen molar-refractivity contribution in [2.45, 2.75) is 26.2 Å². The highest BCUT2D eigenvalue weighted by atomic mass is 16.6. The van der Waals surface area contributed by atoms with Crippen LogP contribution in [0.1, 0.15) is 36.5 Å². The third-order valence-electron chi connectivity index (χ3n) is 3.44. The molecule has 0 saturated heterocycles. The van der Waals surface area contributed by atoms with Crippen LogP contribution in [0.4, 0.5) is 11.4 Å². The van der Waals surface area contributed by atoms with E-state index in [1.54, 1.807) is 11.0 Å². The Kier molecular flexibility index (Phi) is 4.22. The number of carbonyl (C=O) groups excluding carboxylic acids is 1. The lowest BCUT2D eigenvalue weighted by Gasteiger charge is -2.22. The van der Waals surface area contributed by atoms with Crippen LogP contribution in [-0.2, 0) is 0 Å².